The maximum absolute atomic E-state index is 12.5. The summed E-state index contributed by atoms with van der Waals surface area (Å²) < 4.78 is 0.991. The Morgan fingerprint density at radius 1 is 1.29 bits per heavy atom. The van der Waals surface area contributed by atoms with Gasteiger partial charge in [0, 0.05) is 43.4 Å². The van der Waals surface area contributed by atoms with Crippen LogP contribution in [0.15, 0.2) is 22.8 Å². The van der Waals surface area contributed by atoms with Crippen molar-refractivity contribution in [3.63, 3.8) is 0 Å². The molecule has 0 spiro atoms. The Morgan fingerprint density at radius 2 is 2.10 bits per heavy atom. The number of anilines is 1. The summed E-state index contributed by atoms with van der Waals surface area (Å²) in [6, 6.07) is 4.03. The molecule has 0 radical (unpaired) electrons. The smallest absolute Gasteiger partial charge is 0.227 e. The van der Waals surface area contributed by atoms with Gasteiger partial charge in [-0.05, 0) is 47.4 Å². The second kappa shape index (κ2) is 6.75. The normalized spacial score (nSPS) is 23.2. The van der Waals surface area contributed by atoms with Crippen LogP contribution in [0.3, 0.4) is 0 Å². The fourth-order valence-corrected chi connectivity index (χ4v) is 3.27. The minimum absolute atomic E-state index is 0.177. The first kappa shape index (κ1) is 14.8. The first-order valence-electron chi connectivity index (χ1n) is 7.60. The van der Waals surface area contributed by atoms with E-state index in [4.69, 9.17) is 0 Å². The van der Waals surface area contributed by atoms with Crippen molar-refractivity contribution in [3.05, 3.63) is 22.8 Å². The molecule has 0 aliphatic carbocycles. The molecule has 2 aliphatic heterocycles. The lowest BCUT2D eigenvalue weighted by Crippen LogP contribution is -2.52. The standard InChI is InChI=1S/C15H21BrN4O/c16-13-3-4-14(18-11-13)19-6-8-20(9-7-19)15(21)12-2-1-5-17-10-12/h3-4,11-12,17H,1-2,5-10H2/t12-/m1/s1. The molecule has 3 rings (SSSR count). The van der Waals surface area contributed by atoms with Crippen molar-refractivity contribution in [2.45, 2.75) is 12.8 Å². The van der Waals surface area contributed by atoms with Crippen LogP contribution < -0.4 is 10.2 Å². The van der Waals surface area contributed by atoms with E-state index in [2.05, 4.69) is 31.1 Å². The fourth-order valence-electron chi connectivity index (χ4n) is 3.03. The van der Waals surface area contributed by atoms with Gasteiger partial charge in [-0.3, -0.25) is 4.79 Å². The van der Waals surface area contributed by atoms with Gasteiger partial charge in [-0.25, -0.2) is 4.98 Å². The Bertz CT molecular complexity index is 479. The minimum atomic E-state index is 0.177. The number of hydrogen-bond donors (Lipinski definition) is 1. The van der Waals surface area contributed by atoms with E-state index in [1.807, 2.05) is 23.2 Å². The zero-order valence-electron chi connectivity index (χ0n) is 12.1. The molecule has 0 aromatic carbocycles. The lowest BCUT2D eigenvalue weighted by atomic mass is 9.98. The SMILES string of the molecule is O=C([C@@H]1CCCNC1)N1CCN(c2ccc(Br)cn2)CC1. The van der Waals surface area contributed by atoms with Crippen molar-refractivity contribution in [3.8, 4) is 0 Å². The maximum atomic E-state index is 12.5. The molecule has 21 heavy (non-hydrogen) atoms. The second-order valence-electron chi connectivity index (χ2n) is 5.69. The van der Waals surface area contributed by atoms with Crippen LogP contribution in [0, 0.1) is 5.92 Å². The van der Waals surface area contributed by atoms with Gasteiger partial charge in [0.05, 0.1) is 5.92 Å². The van der Waals surface area contributed by atoms with Crippen LogP contribution >= 0.6 is 15.9 Å². The molecule has 1 amide bonds. The quantitative estimate of drug-likeness (QED) is 0.875. The van der Waals surface area contributed by atoms with Gasteiger partial charge >= 0.3 is 0 Å². The lowest BCUT2D eigenvalue weighted by molar-refractivity contribution is -0.136. The molecule has 3 heterocycles. The molecule has 1 atom stereocenters. The second-order valence-corrected chi connectivity index (χ2v) is 6.61. The number of carbonyl (C=O) groups is 1. The Hall–Kier alpha value is -1.14. The van der Waals surface area contributed by atoms with Crippen molar-refractivity contribution < 1.29 is 4.79 Å². The molecule has 0 unspecified atom stereocenters. The van der Waals surface area contributed by atoms with Gasteiger partial charge in [-0.15, -0.1) is 0 Å². The van der Waals surface area contributed by atoms with Gasteiger partial charge < -0.3 is 15.1 Å². The number of piperidine rings is 1. The third-order valence-corrected chi connectivity index (χ3v) is 4.74. The van der Waals surface area contributed by atoms with Gasteiger partial charge in [-0.2, -0.15) is 0 Å². The zero-order valence-corrected chi connectivity index (χ0v) is 13.7. The minimum Gasteiger partial charge on any atom is -0.353 e. The van der Waals surface area contributed by atoms with E-state index in [-0.39, 0.29) is 5.92 Å². The predicted molar refractivity (Wildman–Crippen MR) is 86.3 cm³/mol. The van der Waals surface area contributed by atoms with Crippen molar-refractivity contribution in [2.75, 3.05) is 44.2 Å². The molecule has 2 fully saturated rings. The number of rotatable bonds is 2. The van der Waals surface area contributed by atoms with Gasteiger partial charge in [0.25, 0.3) is 0 Å². The number of carbonyl (C=O) groups excluding carboxylic acids is 1. The largest absolute Gasteiger partial charge is 0.353 e. The highest BCUT2D eigenvalue weighted by atomic mass is 79.9. The number of nitrogens with one attached hydrogen (secondary N) is 1. The van der Waals surface area contributed by atoms with Crippen LogP contribution in [0.4, 0.5) is 5.82 Å². The molecule has 6 heteroatoms. The molecule has 5 nitrogen and oxygen atoms in total. The van der Waals surface area contributed by atoms with Crippen LogP contribution in [-0.4, -0.2) is 55.1 Å². The summed E-state index contributed by atoms with van der Waals surface area (Å²) in [5, 5.41) is 3.32. The zero-order chi connectivity index (χ0) is 14.7. The van der Waals surface area contributed by atoms with Crippen molar-refractivity contribution in [2.24, 2.45) is 5.92 Å². The summed E-state index contributed by atoms with van der Waals surface area (Å²) in [6.45, 7) is 5.21. The van der Waals surface area contributed by atoms with Gasteiger partial charge in [0.15, 0.2) is 0 Å². The summed E-state index contributed by atoms with van der Waals surface area (Å²) in [4.78, 5) is 21.2. The molecule has 2 aliphatic rings. The third kappa shape index (κ3) is 3.55. The first-order valence-corrected chi connectivity index (χ1v) is 8.39. The van der Waals surface area contributed by atoms with E-state index in [1.165, 1.54) is 0 Å². The van der Waals surface area contributed by atoms with Gasteiger partial charge in [0.1, 0.15) is 5.82 Å². The van der Waals surface area contributed by atoms with Crippen LogP contribution in [0.25, 0.3) is 0 Å². The number of amides is 1. The van der Waals surface area contributed by atoms with E-state index in [1.54, 1.807) is 0 Å². The van der Waals surface area contributed by atoms with E-state index < -0.39 is 0 Å². The summed E-state index contributed by atoms with van der Waals surface area (Å²) >= 11 is 3.40. The van der Waals surface area contributed by atoms with Crippen LogP contribution in [-0.2, 0) is 4.79 Å². The highest BCUT2D eigenvalue weighted by Gasteiger charge is 2.28. The van der Waals surface area contributed by atoms with E-state index in [0.29, 0.717) is 5.91 Å². The number of pyridine rings is 1. The fraction of sp³-hybridized carbons (Fsp3) is 0.600. The average Bonchev–Trinajstić information content (AvgIpc) is 2.56. The summed E-state index contributed by atoms with van der Waals surface area (Å²) in [7, 11) is 0. The van der Waals surface area contributed by atoms with E-state index in [0.717, 1.165) is 62.4 Å². The van der Waals surface area contributed by atoms with Crippen LogP contribution in [0.5, 0.6) is 0 Å². The highest BCUT2D eigenvalue weighted by molar-refractivity contribution is 9.10. The Labute approximate surface area is 133 Å². The Kier molecular flexibility index (Phi) is 4.75. The van der Waals surface area contributed by atoms with Crippen LogP contribution in [0.2, 0.25) is 0 Å². The molecule has 1 aromatic heterocycles. The molecule has 2 saturated heterocycles. The molecule has 1 N–H and O–H groups in total. The monoisotopic (exact) mass is 352 g/mol. The summed E-state index contributed by atoms with van der Waals surface area (Å²) in [6.07, 6.45) is 3.96. The Balaban J connectivity index is 1.54. The van der Waals surface area contributed by atoms with Crippen molar-refractivity contribution >= 4 is 27.7 Å². The maximum Gasteiger partial charge on any atom is 0.227 e. The van der Waals surface area contributed by atoms with Crippen molar-refractivity contribution in [1.29, 1.82) is 0 Å². The number of piperazine rings is 1. The summed E-state index contributed by atoms with van der Waals surface area (Å²) in [5.74, 6) is 1.49. The molecular weight excluding hydrogens is 332 g/mol. The van der Waals surface area contributed by atoms with Crippen molar-refractivity contribution in [1.82, 2.24) is 15.2 Å². The molecule has 1 aromatic rings. The number of nitrogens with zero attached hydrogens (tertiary/aromatic N) is 3. The predicted octanol–water partition coefficient (Wildman–Crippen LogP) is 1.49. The number of aromatic nitrogens is 1. The first-order chi connectivity index (χ1) is 10.2. The average molecular weight is 353 g/mol. The van der Waals surface area contributed by atoms with E-state index in [9.17, 15) is 4.79 Å². The highest BCUT2D eigenvalue weighted by Crippen LogP contribution is 2.19. The molecular formula is C15H21BrN4O. The molecule has 0 saturated carbocycles. The topological polar surface area (TPSA) is 48.5 Å². The Morgan fingerprint density at radius 3 is 2.71 bits per heavy atom. The van der Waals surface area contributed by atoms with Gasteiger partial charge in [0.2, 0.25) is 5.91 Å². The van der Waals surface area contributed by atoms with Gasteiger partial charge in [-0.1, -0.05) is 0 Å². The lowest BCUT2D eigenvalue weighted by Gasteiger charge is -2.37. The summed E-state index contributed by atoms with van der Waals surface area (Å²) in [5.41, 5.74) is 0. The van der Waals surface area contributed by atoms with E-state index >= 15 is 0 Å². The van der Waals surface area contributed by atoms with Crippen LogP contribution in [0.1, 0.15) is 12.8 Å². The number of hydrogen-bond acceptors (Lipinski definition) is 4. The number of halogens is 1. The molecule has 114 valence electrons. The molecule has 0 bridgehead atoms. The third-order valence-electron chi connectivity index (χ3n) is 4.27.